The number of nitrogens with one attached hydrogen (secondary N) is 2. The van der Waals surface area contributed by atoms with Crippen LogP contribution in [0.25, 0.3) is 11.4 Å². The van der Waals surface area contributed by atoms with Crippen molar-refractivity contribution in [2.75, 3.05) is 0 Å². The monoisotopic (exact) mass is 370 g/mol. The van der Waals surface area contributed by atoms with Crippen LogP contribution in [-0.2, 0) is 11.2 Å². The molecule has 0 aliphatic heterocycles. The third-order valence-electron chi connectivity index (χ3n) is 4.60. The molecule has 1 amide bonds. The molecule has 0 aliphatic carbocycles. The molecule has 27 heavy (non-hydrogen) atoms. The molecule has 0 bridgehead atoms. The maximum absolute atomic E-state index is 12.4. The molecule has 6 nitrogen and oxygen atoms in total. The van der Waals surface area contributed by atoms with E-state index in [1.165, 1.54) is 6.42 Å². The molecular formula is C21H30N4O2. The van der Waals surface area contributed by atoms with Crippen LogP contribution < -0.4 is 10.9 Å². The van der Waals surface area contributed by atoms with E-state index in [0.717, 1.165) is 18.4 Å². The van der Waals surface area contributed by atoms with E-state index in [1.54, 1.807) is 24.5 Å². The second-order valence-electron chi connectivity index (χ2n) is 7.51. The number of amides is 1. The average Bonchev–Trinajstić information content (AvgIpc) is 2.61. The lowest BCUT2D eigenvalue weighted by molar-refractivity contribution is -0.121. The van der Waals surface area contributed by atoms with E-state index in [-0.39, 0.29) is 23.9 Å². The van der Waals surface area contributed by atoms with Crippen LogP contribution in [0.1, 0.15) is 57.7 Å². The first-order valence-corrected chi connectivity index (χ1v) is 9.66. The third-order valence-corrected chi connectivity index (χ3v) is 4.60. The minimum absolute atomic E-state index is 0.0240. The van der Waals surface area contributed by atoms with Crippen LogP contribution in [0.2, 0.25) is 0 Å². The summed E-state index contributed by atoms with van der Waals surface area (Å²) in [6, 6.07) is 3.75. The van der Waals surface area contributed by atoms with Crippen molar-refractivity contribution in [1.29, 1.82) is 0 Å². The molecule has 2 rings (SSSR count). The predicted octanol–water partition coefficient (Wildman–Crippen LogP) is 3.40. The van der Waals surface area contributed by atoms with Crippen LogP contribution in [0.4, 0.5) is 0 Å². The van der Waals surface area contributed by atoms with Gasteiger partial charge in [0, 0.05) is 41.7 Å². The van der Waals surface area contributed by atoms with E-state index >= 15 is 0 Å². The fourth-order valence-corrected chi connectivity index (χ4v) is 3.04. The summed E-state index contributed by atoms with van der Waals surface area (Å²) in [7, 11) is 0. The number of nitrogens with zero attached hydrogens (tertiary/aromatic N) is 2. The van der Waals surface area contributed by atoms with Gasteiger partial charge >= 0.3 is 0 Å². The number of aryl methyl sites for hydroxylation is 1. The largest absolute Gasteiger partial charge is 0.354 e. The molecule has 146 valence electrons. The van der Waals surface area contributed by atoms with E-state index in [9.17, 15) is 9.59 Å². The lowest BCUT2D eigenvalue weighted by Gasteiger charge is -2.14. The minimum atomic E-state index is -0.188. The van der Waals surface area contributed by atoms with Gasteiger partial charge in [0.05, 0.1) is 0 Å². The number of hydrogen-bond acceptors (Lipinski definition) is 4. The zero-order chi connectivity index (χ0) is 19.8. The zero-order valence-electron chi connectivity index (χ0n) is 16.7. The molecule has 0 spiro atoms. The van der Waals surface area contributed by atoms with Crippen LogP contribution >= 0.6 is 0 Å². The van der Waals surface area contributed by atoms with Gasteiger partial charge in [-0.2, -0.15) is 0 Å². The number of H-pyrrole nitrogens is 1. The summed E-state index contributed by atoms with van der Waals surface area (Å²) in [4.78, 5) is 35.9. The Morgan fingerprint density at radius 2 is 1.89 bits per heavy atom. The highest BCUT2D eigenvalue weighted by Crippen LogP contribution is 2.14. The zero-order valence-corrected chi connectivity index (χ0v) is 16.7. The Labute approximate surface area is 160 Å². The van der Waals surface area contributed by atoms with Crippen molar-refractivity contribution < 1.29 is 4.79 Å². The van der Waals surface area contributed by atoms with Gasteiger partial charge in [-0.3, -0.25) is 14.6 Å². The van der Waals surface area contributed by atoms with E-state index in [4.69, 9.17) is 0 Å². The molecule has 0 saturated carbocycles. The topological polar surface area (TPSA) is 87.7 Å². The normalized spacial score (nSPS) is 12.2. The number of carbonyl (C=O) groups is 1. The van der Waals surface area contributed by atoms with Crippen molar-refractivity contribution in [3.63, 3.8) is 0 Å². The highest BCUT2D eigenvalue weighted by atomic mass is 16.1. The first kappa shape index (κ1) is 20.8. The van der Waals surface area contributed by atoms with E-state index in [0.29, 0.717) is 29.4 Å². The number of pyridine rings is 1. The van der Waals surface area contributed by atoms with Crippen molar-refractivity contribution >= 4 is 5.91 Å². The third kappa shape index (κ3) is 6.62. The summed E-state index contributed by atoms with van der Waals surface area (Å²) in [6.07, 6.45) is 7.24. The SMILES string of the molecule is Cc1nc(-c2ccncc2)[nH]c(=O)c1CCC(=O)NC(C)CCCC(C)C. The Bertz CT molecular complexity index is 800. The molecule has 0 aromatic carbocycles. The Balaban J connectivity index is 1.92. The van der Waals surface area contributed by atoms with Crippen LogP contribution in [0, 0.1) is 12.8 Å². The van der Waals surface area contributed by atoms with Gasteiger partial charge in [-0.15, -0.1) is 0 Å². The minimum Gasteiger partial charge on any atom is -0.354 e. The molecule has 2 heterocycles. The number of hydrogen-bond donors (Lipinski definition) is 2. The molecule has 2 aromatic rings. The second kappa shape index (κ2) is 10.00. The molecule has 0 radical (unpaired) electrons. The van der Waals surface area contributed by atoms with Crippen LogP contribution in [-0.4, -0.2) is 26.9 Å². The Morgan fingerprint density at radius 3 is 2.52 bits per heavy atom. The highest BCUT2D eigenvalue weighted by Gasteiger charge is 2.13. The molecule has 1 atom stereocenters. The van der Waals surface area contributed by atoms with Crippen LogP contribution in [0.5, 0.6) is 0 Å². The first-order chi connectivity index (χ1) is 12.9. The van der Waals surface area contributed by atoms with Gasteiger partial charge < -0.3 is 10.3 Å². The average molecular weight is 370 g/mol. The fourth-order valence-electron chi connectivity index (χ4n) is 3.04. The molecule has 0 aliphatic rings. The summed E-state index contributed by atoms with van der Waals surface area (Å²) in [5.74, 6) is 1.18. The lowest BCUT2D eigenvalue weighted by atomic mass is 10.0. The number of aromatic amines is 1. The van der Waals surface area contributed by atoms with Gasteiger partial charge in [0.25, 0.3) is 5.56 Å². The van der Waals surface area contributed by atoms with Gasteiger partial charge in [-0.05, 0) is 44.7 Å². The summed E-state index contributed by atoms with van der Waals surface area (Å²) in [5.41, 5.74) is 1.84. The Morgan fingerprint density at radius 1 is 1.19 bits per heavy atom. The predicted molar refractivity (Wildman–Crippen MR) is 107 cm³/mol. The van der Waals surface area contributed by atoms with Gasteiger partial charge in [-0.25, -0.2) is 4.98 Å². The van der Waals surface area contributed by atoms with E-state index in [1.807, 2.05) is 13.8 Å². The smallest absolute Gasteiger partial charge is 0.254 e. The summed E-state index contributed by atoms with van der Waals surface area (Å²) < 4.78 is 0. The second-order valence-corrected chi connectivity index (χ2v) is 7.51. The van der Waals surface area contributed by atoms with Crippen LogP contribution in [0.3, 0.4) is 0 Å². The fraction of sp³-hybridized carbons (Fsp3) is 0.524. The number of rotatable bonds is 9. The van der Waals surface area contributed by atoms with E-state index in [2.05, 4.69) is 34.1 Å². The Hall–Kier alpha value is -2.50. The first-order valence-electron chi connectivity index (χ1n) is 9.66. The molecule has 0 fully saturated rings. The summed E-state index contributed by atoms with van der Waals surface area (Å²) in [6.45, 7) is 8.25. The summed E-state index contributed by atoms with van der Waals surface area (Å²) in [5, 5.41) is 3.02. The molecule has 6 heteroatoms. The Kier molecular flexibility index (Phi) is 7.70. The molecular weight excluding hydrogens is 340 g/mol. The highest BCUT2D eigenvalue weighted by molar-refractivity contribution is 5.76. The van der Waals surface area contributed by atoms with Crippen molar-refractivity contribution in [3.8, 4) is 11.4 Å². The summed E-state index contributed by atoms with van der Waals surface area (Å²) >= 11 is 0. The van der Waals surface area contributed by atoms with Crippen LogP contribution in [0.15, 0.2) is 29.3 Å². The standard InChI is InChI=1S/C21H30N4O2/c1-14(2)6-5-7-15(3)23-19(26)9-8-18-16(4)24-20(25-21(18)27)17-10-12-22-13-11-17/h10-15H,5-9H2,1-4H3,(H,23,26)(H,24,25,27). The quantitative estimate of drug-likeness (QED) is 0.708. The van der Waals surface area contributed by atoms with Crippen molar-refractivity contribution in [2.45, 2.75) is 65.8 Å². The van der Waals surface area contributed by atoms with Gasteiger partial charge in [0.1, 0.15) is 5.82 Å². The number of carbonyl (C=O) groups excluding carboxylic acids is 1. The van der Waals surface area contributed by atoms with E-state index < -0.39 is 0 Å². The molecule has 1 unspecified atom stereocenters. The van der Waals surface area contributed by atoms with Gasteiger partial charge in [-0.1, -0.05) is 26.7 Å². The van der Waals surface area contributed by atoms with Gasteiger partial charge in [0.15, 0.2) is 0 Å². The van der Waals surface area contributed by atoms with Crippen molar-refractivity contribution in [3.05, 3.63) is 46.1 Å². The van der Waals surface area contributed by atoms with Crippen molar-refractivity contribution in [1.82, 2.24) is 20.3 Å². The maximum atomic E-state index is 12.4. The molecule has 2 aromatic heterocycles. The lowest BCUT2D eigenvalue weighted by Crippen LogP contribution is -2.33. The molecule has 0 saturated heterocycles. The van der Waals surface area contributed by atoms with Gasteiger partial charge in [0.2, 0.25) is 5.91 Å². The maximum Gasteiger partial charge on any atom is 0.254 e. The number of aromatic nitrogens is 3. The molecule has 2 N–H and O–H groups in total. The van der Waals surface area contributed by atoms with Crippen molar-refractivity contribution in [2.24, 2.45) is 5.92 Å².